The molecule has 0 saturated carbocycles. The minimum absolute atomic E-state index is 0.148. The Balaban J connectivity index is 2.34. The van der Waals surface area contributed by atoms with Crippen LogP contribution in [0.15, 0.2) is 23.4 Å². The van der Waals surface area contributed by atoms with E-state index in [9.17, 15) is 8.42 Å². The topological polar surface area (TPSA) is 88.3 Å². The number of anilines is 1. The number of sulfonamides is 1. The minimum atomic E-state index is -3.50. The quantitative estimate of drug-likeness (QED) is 0.630. The molecule has 1 aromatic rings. The van der Waals surface area contributed by atoms with E-state index in [1.165, 1.54) is 16.7 Å². The van der Waals surface area contributed by atoms with Gasteiger partial charge >= 0.3 is 0 Å². The number of nitrogens with two attached hydrogens (primary N) is 1. The van der Waals surface area contributed by atoms with Gasteiger partial charge in [-0.25, -0.2) is 8.42 Å². The first-order valence-electron chi connectivity index (χ1n) is 6.07. The standard InChI is InChI=1S/C11H18N4O2S/c12-14-10-5-6-13-9-11(10)18(16,17)15-7-3-1-2-4-8-15/h5-6,9H,1-4,7-8,12H2,(H,13,14). The van der Waals surface area contributed by atoms with Crippen molar-refractivity contribution in [2.45, 2.75) is 30.6 Å². The van der Waals surface area contributed by atoms with Gasteiger partial charge in [0.1, 0.15) is 4.90 Å². The first kappa shape index (κ1) is 13.3. The van der Waals surface area contributed by atoms with Gasteiger partial charge in [0.05, 0.1) is 5.69 Å². The Hall–Kier alpha value is -1.18. The summed E-state index contributed by atoms with van der Waals surface area (Å²) in [6.07, 6.45) is 6.84. The molecule has 1 aliphatic heterocycles. The Morgan fingerprint density at radius 2 is 1.89 bits per heavy atom. The number of aromatic nitrogens is 1. The van der Waals surface area contributed by atoms with E-state index in [0.717, 1.165) is 25.7 Å². The van der Waals surface area contributed by atoms with Crippen LogP contribution in [0.4, 0.5) is 5.69 Å². The van der Waals surface area contributed by atoms with Crippen LogP contribution >= 0.6 is 0 Å². The Kier molecular flexibility index (Phi) is 4.15. The highest BCUT2D eigenvalue weighted by Gasteiger charge is 2.27. The molecule has 1 fully saturated rings. The number of hydrogen-bond acceptors (Lipinski definition) is 5. The van der Waals surface area contributed by atoms with Crippen LogP contribution in [0.1, 0.15) is 25.7 Å². The molecule has 0 atom stereocenters. The molecule has 18 heavy (non-hydrogen) atoms. The van der Waals surface area contributed by atoms with Crippen molar-refractivity contribution in [3.05, 3.63) is 18.5 Å². The number of nitrogens with one attached hydrogen (secondary N) is 1. The summed E-state index contributed by atoms with van der Waals surface area (Å²) >= 11 is 0. The molecule has 0 aliphatic carbocycles. The molecule has 7 heteroatoms. The van der Waals surface area contributed by atoms with Crippen molar-refractivity contribution in [2.75, 3.05) is 18.5 Å². The van der Waals surface area contributed by atoms with Gasteiger partial charge in [-0.1, -0.05) is 12.8 Å². The van der Waals surface area contributed by atoms with Gasteiger partial charge in [0.2, 0.25) is 10.0 Å². The average molecular weight is 270 g/mol. The minimum Gasteiger partial charge on any atom is -0.323 e. The first-order chi connectivity index (χ1) is 8.66. The summed E-state index contributed by atoms with van der Waals surface area (Å²) in [6.45, 7) is 1.14. The molecule has 0 amide bonds. The second-order valence-electron chi connectivity index (χ2n) is 4.33. The van der Waals surface area contributed by atoms with Gasteiger partial charge in [-0.2, -0.15) is 4.31 Å². The lowest BCUT2D eigenvalue weighted by Crippen LogP contribution is -2.32. The van der Waals surface area contributed by atoms with Crippen LogP contribution in [-0.4, -0.2) is 30.8 Å². The van der Waals surface area contributed by atoms with Crippen LogP contribution in [0.3, 0.4) is 0 Å². The number of pyridine rings is 1. The van der Waals surface area contributed by atoms with Crippen LogP contribution in [0.5, 0.6) is 0 Å². The van der Waals surface area contributed by atoms with Crippen LogP contribution in [0.25, 0.3) is 0 Å². The van der Waals surface area contributed by atoms with Crippen molar-refractivity contribution in [3.8, 4) is 0 Å². The molecule has 3 N–H and O–H groups in total. The number of nitrogens with zero attached hydrogens (tertiary/aromatic N) is 2. The molecule has 0 aromatic carbocycles. The smallest absolute Gasteiger partial charge is 0.246 e. The van der Waals surface area contributed by atoms with Crippen LogP contribution in [0, 0.1) is 0 Å². The lowest BCUT2D eigenvalue weighted by atomic mass is 10.2. The van der Waals surface area contributed by atoms with Crippen molar-refractivity contribution in [1.82, 2.24) is 9.29 Å². The van der Waals surface area contributed by atoms with Crippen molar-refractivity contribution in [1.29, 1.82) is 0 Å². The third-order valence-corrected chi connectivity index (χ3v) is 5.05. The van der Waals surface area contributed by atoms with E-state index in [0.29, 0.717) is 18.8 Å². The lowest BCUT2D eigenvalue weighted by Gasteiger charge is -2.21. The zero-order chi connectivity index (χ0) is 13.0. The molecule has 2 heterocycles. The summed E-state index contributed by atoms with van der Waals surface area (Å²) in [5.74, 6) is 5.35. The number of hydrazine groups is 1. The summed E-state index contributed by atoms with van der Waals surface area (Å²) in [6, 6.07) is 1.56. The van der Waals surface area contributed by atoms with Gasteiger partial charge in [0.25, 0.3) is 0 Å². The first-order valence-corrected chi connectivity index (χ1v) is 7.51. The lowest BCUT2D eigenvalue weighted by molar-refractivity contribution is 0.424. The third kappa shape index (κ3) is 2.63. The Bertz CT molecular complexity index is 496. The van der Waals surface area contributed by atoms with E-state index in [4.69, 9.17) is 5.84 Å². The van der Waals surface area contributed by atoms with Crippen molar-refractivity contribution >= 4 is 15.7 Å². The molecule has 0 spiro atoms. The molecule has 6 nitrogen and oxygen atoms in total. The second-order valence-corrected chi connectivity index (χ2v) is 6.24. The molecular weight excluding hydrogens is 252 g/mol. The van der Waals surface area contributed by atoms with Gasteiger partial charge in [0, 0.05) is 25.5 Å². The molecule has 0 radical (unpaired) electrons. The number of hydrogen-bond donors (Lipinski definition) is 2. The summed E-state index contributed by atoms with van der Waals surface area (Å²) < 4.78 is 26.5. The van der Waals surface area contributed by atoms with Gasteiger partial charge < -0.3 is 5.43 Å². The predicted octanol–water partition coefficient (Wildman–Crippen LogP) is 0.932. The maximum atomic E-state index is 12.5. The SMILES string of the molecule is NNc1ccncc1S(=O)(=O)N1CCCCCC1. The maximum absolute atomic E-state index is 12.5. The molecule has 2 rings (SSSR count). The van der Waals surface area contributed by atoms with Gasteiger partial charge in [0.15, 0.2) is 0 Å². The molecular formula is C11H18N4O2S. The van der Waals surface area contributed by atoms with Gasteiger partial charge in [-0.05, 0) is 18.9 Å². The fourth-order valence-electron chi connectivity index (χ4n) is 2.13. The molecule has 1 aromatic heterocycles. The Morgan fingerprint density at radius 3 is 2.50 bits per heavy atom. The normalized spacial score (nSPS) is 18.3. The summed E-state index contributed by atoms with van der Waals surface area (Å²) in [7, 11) is -3.50. The Labute approximate surface area is 107 Å². The highest BCUT2D eigenvalue weighted by Crippen LogP contribution is 2.24. The van der Waals surface area contributed by atoms with E-state index in [1.54, 1.807) is 6.07 Å². The molecule has 0 bridgehead atoms. The van der Waals surface area contributed by atoms with E-state index in [-0.39, 0.29) is 4.90 Å². The van der Waals surface area contributed by atoms with Crippen LogP contribution in [0.2, 0.25) is 0 Å². The zero-order valence-corrected chi connectivity index (χ0v) is 11.0. The average Bonchev–Trinajstić information content (AvgIpc) is 2.68. The van der Waals surface area contributed by atoms with E-state index in [2.05, 4.69) is 10.4 Å². The highest BCUT2D eigenvalue weighted by atomic mass is 32.2. The largest absolute Gasteiger partial charge is 0.323 e. The van der Waals surface area contributed by atoms with Crippen LogP contribution < -0.4 is 11.3 Å². The number of nitrogen functional groups attached to an aromatic ring is 1. The molecule has 1 saturated heterocycles. The molecule has 1 aliphatic rings. The monoisotopic (exact) mass is 270 g/mol. The van der Waals surface area contributed by atoms with E-state index < -0.39 is 10.0 Å². The van der Waals surface area contributed by atoms with Gasteiger partial charge in [-0.15, -0.1) is 0 Å². The molecule has 0 unspecified atom stereocenters. The fraction of sp³-hybridized carbons (Fsp3) is 0.545. The predicted molar refractivity (Wildman–Crippen MR) is 69.3 cm³/mol. The van der Waals surface area contributed by atoms with Crippen LogP contribution in [-0.2, 0) is 10.0 Å². The summed E-state index contributed by atoms with van der Waals surface area (Å²) in [5.41, 5.74) is 2.79. The highest BCUT2D eigenvalue weighted by molar-refractivity contribution is 7.89. The Morgan fingerprint density at radius 1 is 1.22 bits per heavy atom. The molecule has 100 valence electrons. The third-order valence-electron chi connectivity index (χ3n) is 3.12. The fourth-order valence-corrected chi connectivity index (χ4v) is 3.74. The number of rotatable bonds is 3. The maximum Gasteiger partial charge on any atom is 0.246 e. The van der Waals surface area contributed by atoms with Crippen molar-refractivity contribution in [3.63, 3.8) is 0 Å². The van der Waals surface area contributed by atoms with E-state index in [1.807, 2.05) is 0 Å². The van der Waals surface area contributed by atoms with Gasteiger partial charge in [-0.3, -0.25) is 10.8 Å². The zero-order valence-electron chi connectivity index (χ0n) is 10.2. The van der Waals surface area contributed by atoms with Crippen molar-refractivity contribution in [2.24, 2.45) is 5.84 Å². The van der Waals surface area contributed by atoms with Crippen molar-refractivity contribution < 1.29 is 8.42 Å². The second kappa shape index (κ2) is 5.64. The summed E-state index contributed by atoms with van der Waals surface area (Å²) in [4.78, 5) is 4.02. The van der Waals surface area contributed by atoms with E-state index >= 15 is 0 Å². The summed E-state index contributed by atoms with van der Waals surface area (Å²) in [5, 5.41) is 0.